The third-order valence-corrected chi connectivity index (χ3v) is 4.38. The number of aliphatic carboxylic acids is 1. The van der Waals surface area contributed by atoms with Crippen LogP contribution in [-0.4, -0.2) is 44.8 Å². The van der Waals surface area contributed by atoms with Gasteiger partial charge in [-0.1, -0.05) is 18.2 Å². The summed E-state index contributed by atoms with van der Waals surface area (Å²) in [5.74, 6) is -0.903. The van der Waals surface area contributed by atoms with Crippen LogP contribution in [0.5, 0.6) is 5.75 Å². The number of nitrogens with zero attached hydrogens (tertiary/aromatic N) is 3. The molecule has 1 unspecified atom stereocenters. The summed E-state index contributed by atoms with van der Waals surface area (Å²) in [4.78, 5) is 26.1. The lowest BCUT2D eigenvalue weighted by atomic mass is 10.0. The van der Waals surface area contributed by atoms with Crippen LogP contribution in [0.15, 0.2) is 36.7 Å². The topological polar surface area (TPSA) is 84.7 Å². The highest BCUT2D eigenvalue weighted by atomic mass is 16.5. The van der Waals surface area contributed by atoms with Crippen molar-refractivity contribution in [3.05, 3.63) is 47.8 Å². The summed E-state index contributed by atoms with van der Waals surface area (Å²) < 4.78 is 7.40. The van der Waals surface area contributed by atoms with Crippen LogP contribution in [0.1, 0.15) is 40.8 Å². The summed E-state index contributed by atoms with van der Waals surface area (Å²) in [6, 6.07) is 6.25. The third-order valence-electron chi connectivity index (χ3n) is 4.38. The summed E-state index contributed by atoms with van der Waals surface area (Å²) in [6.45, 7) is 0.461. The molecule has 0 radical (unpaired) electrons. The molecule has 1 atom stereocenters. The first-order valence-corrected chi connectivity index (χ1v) is 7.95. The fourth-order valence-electron chi connectivity index (χ4n) is 3.03. The average molecular weight is 327 g/mol. The van der Waals surface area contributed by atoms with Crippen molar-refractivity contribution in [2.45, 2.75) is 24.9 Å². The normalized spacial score (nSPS) is 20.0. The van der Waals surface area contributed by atoms with E-state index in [1.165, 1.54) is 11.1 Å². The van der Waals surface area contributed by atoms with Crippen molar-refractivity contribution in [3.8, 4) is 5.75 Å². The highest BCUT2D eigenvalue weighted by molar-refractivity contribution is 5.96. The lowest BCUT2D eigenvalue weighted by Gasteiger charge is -2.26. The van der Waals surface area contributed by atoms with Gasteiger partial charge in [-0.25, -0.2) is 4.79 Å². The van der Waals surface area contributed by atoms with Crippen molar-refractivity contribution in [1.29, 1.82) is 0 Å². The number of ether oxygens (including phenoxy) is 1. The fourth-order valence-corrected chi connectivity index (χ4v) is 3.03. The molecule has 7 heteroatoms. The molecule has 24 heavy (non-hydrogen) atoms. The van der Waals surface area contributed by atoms with Gasteiger partial charge in [0, 0.05) is 11.8 Å². The van der Waals surface area contributed by atoms with E-state index in [1.807, 2.05) is 0 Å². The van der Waals surface area contributed by atoms with Gasteiger partial charge in [0.1, 0.15) is 12.4 Å². The van der Waals surface area contributed by atoms with Crippen molar-refractivity contribution >= 4 is 11.9 Å². The van der Waals surface area contributed by atoms with Crippen LogP contribution in [-0.2, 0) is 4.79 Å². The summed E-state index contributed by atoms with van der Waals surface area (Å²) in [7, 11) is 0. The zero-order valence-electron chi connectivity index (χ0n) is 13.0. The number of carboxylic acids is 1. The first-order valence-electron chi connectivity index (χ1n) is 7.95. The number of rotatable bonds is 3. The Morgan fingerprint density at radius 1 is 1.25 bits per heavy atom. The summed E-state index contributed by atoms with van der Waals surface area (Å²) in [5, 5.41) is 13.9. The molecule has 0 spiro atoms. The predicted molar refractivity (Wildman–Crippen MR) is 83.8 cm³/mol. The van der Waals surface area contributed by atoms with Gasteiger partial charge in [0.2, 0.25) is 0 Å². The number of carbonyl (C=O) groups is 2. The van der Waals surface area contributed by atoms with Gasteiger partial charge in [-0.15, -0.1) is 0 Å². The van der Waals surface area contributed by atoms with Crippen LogP contribution in [0.25, 0.3) is 0 Å². The maximum absolute atomic E-state index is 12.9. The van der Waals surface area contributed by atoms with Crippen LogP contribution < -0.4 is 4.74 Å². The maximum atomic E-state index is 12.9. The number of carbonyl (C=O) groups excluding carboxylic acids is 1. The SMILES string of the molecule is O=C(O)C1c2ccccc2OCCN1C(=O)c1cnn(C2CC2)c1. The number of amides is 1. The van der Waals surface area contributed by atoms with Crippen LogP contribution in [0, 0.1) is 0 Å². The minimum atomic E-state index is -1.07. The van der Waals surface area contributed by atoms with Gasteiger partial charge >= 0.3 is 5.97 Å². The van der Waals surface area contributed by atoms with Crippen molar-refractivity contribution in [2.75, 3.05) is 13.2 Å². The van der Waals surface area contributed by atoms with E-state index in [0.29, 0.717) is 22.9 Å². The van der Waals surface area contributed by atoms with E-state index >= 15 is 0 Å². The Kier molecular flexibility index (Phi) is 3.48. The summed E-state index contributed by atoms with van der Waals surface area (Å²) >= 11 is 0. The monoisotopic (exact) mass is 327 g/mol. The molecule has 4 rings (SSSR count). The smallest absolute Gasteiger partial charge is 0.331 e. The van der Waals surface area contributed by atoms with Gasteiger partial charge in [0.25, 0.3) is 5.91 Å². The first kappa shape index (κ1) is 14.7. The average Bonchev–Trinajstić information content (AvgIpc) is 3.34. The third kappa shape index (κ3) is 2.51. The molecular formula is C17H17N3O4. The number of carboxylic acid groups (broad SMARTS) is 1. The van der Waals surface area contributed by atoms with E-state index in [0.717, 1.165) is 12.8 Å². The van der Waals surface area contributed by atoms with Crippen molar-refractivity contribution in [2.24, 2.45) is 0 Å². The van der Waals surface area contributed by atoms with Gasteiger partial charge in [-0.3, -0.25) is 9.48 Å². The number of hydrogen-bond acceptors (Lipinski definition) is 4. The second-order valence-electron chi connectivity index (χ2n) is 6.07. The molecule has 2 aromatic rings. The van der Waals surface area contributed by atoms with Gasteiger partial charge in [0.15, 0.2) is 6.04 Å². The van der Waals surface area contributed by atoms with Crippen molar-refractivity contribution in [3.63, 3.8) is 0 Å². The molecular weight excluding hydrogens is 310 g/mol. The standard InChI is InChI=1S/C17H17N3O4/c21-16(11-9-18-20(10-11)12-5-6-12)19-7-8-24-14-4-2-1-3-13(14)15(19)17(22)23/h1-4,9-10,12,15H,5-8H2,(H,22,23). The van der Waals surface area contributed by atoms with Crippen molar-refractivity contribution < 1.29 is 19.4 Å². The van der Waals surface area contributed by atoms with E-state index in [9.17, 15) is 14.7 Å². The number of hydrogen-bond donors (Lipinski definition) is 1. The highest BCUT2D eigenvalue weighted by Gasteiger charge is 2.36. The molecule has 0 bridgehead atoms. The molecule has 1 amide bonds. The molecule has 1 aliphatic carbocycles. The van der Waals surface area contributed by atoms with E-state index < -0.39 is 12.0 Å². The van der Waals surface area contributed by atoms with Crippen LogP contribution in [0.2, 0.25) is 0 Å². The number of fused-ring (bicyclic) bond motifs is 1. The predicted octanol–water partition coefficient (Wildman–Crippen LogP) is 1.88. The molecule has 1 N–H and O–H groups in total. The molecule has 1 saturated carbocycles. The second kappa shape index (κ2) is 5.67. The van der Waals surface area contributed by atoms with E-state index in [2.05, 4.69) is 5.10 Å². The van der Waals surface area contributed by atoms with Crippen LogP contribution in [0.4, 0.5) is 0 Å². The quantitative estimate of drug-likeness (QED) is 0.930. The Morgan fingerprint density at radius 3 is 2.79 bits per heavy atom. The Hall–Kier alpha value is -2.83. The van der Waals surface area contributed by atoms with E-state index in [4.69, 9.17) is 4.74 Å². The molecule has 1 fully saturated rings. The molecule has 1 aromatic carbocycles. The molecule has 2 aliphatic rings. The highest BCUT2D eigenvalue weighted by Crippen LogP contribution is 2.35. The van der Waals surface area contributed by atoms with Gasteiger partial charge in [0.05, 0.1) is 24.3 Å². The summed E-state index contributed by atoms with van der Waals surface area (Å²) in [5.41, 5.74) is 0.901. The minimum Gasteiger partial charge on any atom is -0.491 e. The fraction of sp³-hybridized carbons (Fsp3) is 0.353. The number of para-hydroxylation sites is 1. The molecule has 2 heterocycles. The lowest BCUT2D eigenvalue weighted by molar-refractivity contribution is -0.142. The van der Waals surface area contributed by atoms with Crippen LogP contribution >= 0.6 is 0 Å². The number of benzene rings is 1. The van der Waals surface area contributed by atoms with Gasteiger partial charge in [-0.2, -0.15) is 5.10 Å². The Balaban J connectivity index is 1.69. The Morgan fingerprint density at radius 2 is 2.04 bits per heavy atom. The lowest BCUT2D eigenvalue weighted by Crippen LogP contribution is -2.39. The van der Waals surface area contributed by atoms with Crippen LogP contribution in [0.3, 0.4) is 0 Å². The molecule has 1 aromatic heterocycles. The van der Waals surface area contributed by atoms with E-state index in [-0.39, 0.29) is 19.1 Å². The molecule has 1 aliphatic heterocycles. The van der Waals surface area contributed by atoms with Gasteiger partial charge < -0.3 is 14.7 Å². The Bertz CT molecular complexity index is 797. The molecule has 124 valence electrons. The minimum absolute atomic E-state index is 0.207. The zero-order chi connectivity index (χ0) is 16.7. The Labute approximate surface area is 138 Å². The first-order chi connectivity index (χ1) is 11.6. The maximum Gasteiger partial charge on any atom is 0.331 e. The molecule has 0 saturated heterocycles. The van der Waals surface area contributed by atoms with Crippen molar-refractivity contribution in [1.82, 2.24) is 14.7 Å². The zero-order valence-corrected chi connectivity index (χ0v) is 13.0. The van der Waals surface area contributed by atoms with E-state index in [1.54, 1.807) is 35.1 Å². The summed E-state index contributed by atoms with van der Waals surface area (Å²) in [6.07, 6.45) is 5.35. The van der Waals surface area contributed by atoms with Gasteiger partial charge in [-0.05, 0) is 18.9 Å². The second-order valence-corrected chi connectivity index (χ2v) is 6.07. The largest absolute Gasteiger partial charge is 0.491 e. The molecule has 7 nitrogen and oxygen atoms in total. The number of aromatic nitrogens is 2.